The van der Waals surface area contributed by atoms with Gasteiger partial charge in [0.2, 0.25) is 0 Å². The van der Waals surface area contributed by atoms with E-state index in [-0.39, 0.29) is 72.2 Å². The molecule has 0 aliphatic carbocycles. The average molecular weight is 218 g/mol. The van der Waals surface area contributed by atoms with Gasteiger partial charge in [-0.3, -0.25) is 0 Å². The average Bonchev–Trinajstić information content (AvgIpc) is 0.722. The first-order valence-corrected chi connectivity index (χ1v) is 2.19. The van der Waals surface area contributed by atoms with Crippen molar-refractivity contribution in [2.24, 2.45) is 0 Å². The third-order valence-corrected chi connectivity index (χ3v) is 0. The maximum atomic E-state index is 8.55. The van der Waals surface area contributed by atoms with Crippen LogP contribution in [0.5, 0.6) is 0 Å². The largest absolute Gasteiger partial charge is 3.00 e. The third-order valence-electron chi connectivity index (χ3n) is 0. The minimum atomic E-state index is -5.39. The zero-order valence-corrected chi connectivity index (χ0v) is 9.08. The zero-order valence-electron chi connectivity index (χ0n) is 3.72. The minimum Gasteiger partial charge on any atom is -0.822 e. The van der Waals surface area contributed by atoms with Crippen LogP contribution < -0.4 is 14.7 Å². The van der Waals surface area contributed by atoms with E-state index < -0.39 is 7.82 Å². The van der Waals surface area contributed by atoms with Gasteiger partial charge in [-0.15, -0.1) is 0 Å². The maximum Gasteiger partial charge on any atom is 3.00 e. The van der Waals surface area contributed by atoms with Gasteiger partial charge in [0.25, 0.3) is 0 Å². The summed E-state index contributed by atoms with van der Waals surface area (Å²) in [6.07, 6.45) is 0. The van der Waals surface area contributed by atoms with Crippen LogP contribution in [0.1, 0.15) is 0 Å². The molecule has 0 aromatic rings. The quantitative estimate of drug-likeness (QED) is 0.310. The number of rotatable bonds is 0. The Labute approximate surface area is 97.9 Å². The molecule has 38 valence electrons. The van der Waals surface area contributed by atoms with Crippen molar-refractivity contribution >= 4 is 62.9 Å². The first-order valence-electron chi connectivity index (χ1n) is 0.730. The van der Waals surface area contributed by atoms with Crippen LogP contribution >= 0.6 is 7.82 Å². The van der Waals surface area contributed by atoms with Gasteiger partial charge in [-0.2, -0.15) is 7.82 Å². The Morgan fingerprint density at radius 2 is 1.12 bits per heavy atom. The Bertz CT molecular complexity index is 62.2. The van der Waals surface area contributed by atoms with Crippen LogP contribution in [0.25, 0.3) is 0 Å². The van der Waals surface area contributed by atoms with Gasteiger partial charge in [0.1, 0.15) is 0 Å². The SMILES string of the molecule is O=P([O-])([O-])[O-].[Al+3].[Ca+2].[Fe+2]. The predicted octanol–water partition coefficient (Wildman–Crippen LogP) is -3.59. The summed E-state index contributed by atoms with van der Waals surface area (Å²) in [4.78, 5) is 25.6. The van der Waals surface area contributed by atoms with Crippen LogP contribution in [0.4, 0.5) is 0 Å². The minimum absolute atomic E-state index is 0. The Morgan fingerprint density at radius 1 is 1.12 bits per heavy atom. The Balaban J connectivity index is -0.0000000267. The van der Waals surface area contributed by atoms with E-state index in [2.05, 4.69) is 0 Å². The molecule has 0 aromatic heterocycles. The molecule has 0 radical (unpaired) electrons. The van der Waals surface area contributed by atoms with Gasteiger partial charge in [-0.05, 0) is 0 Å². The monoisotopic (exact) mass is 218 g/mol. The summed E-state index contributed by atoms with van der Waals surface area (Å²) in [5.41, 5.74) is 0. The fourth-order valence-electron chi connectivity index (χ4n) is 0. The van der Waals surface area contributed by atoms with Gasteiger partial charge >= 0.3 is 72.2 Å². The number of hydrogen-bond donors (Lipinski definition) is 0. The molecule has 0 atom stereocenters. The summed E-state index contributed by atoms with van der Waals surface area (Å²) in [5.74, 6) is 0. The molecule has 0 aliphatic heterocycles. The molecule has 0 bridgehead atoms. The van der Waals surface area contributed by atoms with Crippen molar-refractivity contribution in [3.63, 3.8) is 0 Å². The normalized spacial score (nSPS) is 7.38. The zero-order chi connectivity index (χ0) is 4.50. The smallest absolute Gasteiger partial charge is 0.822 e. The van der Waals surface area contributed by atoms with Crippen molar-refractivity contribution in [3.05, 3.63) is 0 Å². The van der Waals surface area contributed by atoms with Crippen LogP contribution in [-0.2, 0) is 21.6 Å². The van der Waals surface area contributed by atoms with E-state index >= 15 is 0 Å². The van der Waals surface area contributed by atoms with Crippen molar-refractivity contribution in [2.45, 2.75) is 0 Å². The fraction of sp³-hybridized carbons (Fsp3) is 0. The standard InChI is InChI=1S/Al.Ca.Fe.H3O4P/c;;;1-5(2,3)4/h;;;(H3,1,2,3,4)/q+3;2*+2;/p-3. The second-order valence-electron chi connectivity index (χ2n) is 0.447. The summed E-state index contributed by atoms with van der Waals surface area (Å²) < 4.78 is 8.55. The van der Waals surface area contributed by atoms with E-state index in [1.807, 2.05) is 0 Å². The summed E-state index contributed by atoms with van der Waals surface area (Å²) in [5, 5.41) is 0. The molecule has 0 amide bonds. The molecule has 8 heteroatoms. The summed E-state index contributed by atoms with van der Waals surface area (Å²) in [6, 6.07) is 0. The van der Waals surface area contributed by atoms with Crippen LogP contribution in [-0.4, -0.2) is 55.1 Å². The van der Waals surface area contributed by atoms with Gasteiger partial charge in [0, 0.05) is 0 Å². The first-order chi connectivity index (χ1) is 2.00. The van der Waals surface area contributed by atoms with Gasteiger partial charge < -0.3 is 19.2 Å². The van der Waals surface area contributed by atoms with E-state index in [1.54, 1.807) is 0 Å². The predicted molar refractivity (Wildman–Crippen MR) is 19.1 cm³/mol. The molecule has 0 aromatic carbocycles. The van der Waals surface area contributed by atoms with Crippen LogP contribution in [0, 0.1) is 0 Å². The van der Waals surface area contributed by atoms with Crippen LogP contribution in [0.15, 0.2) is 0 Å². The van der Waals surface area contributed by atoms with Crippen molar-refractivity contribution in [1.29, 1.82) is 0 Å². The van der Waals surface area contributed by atoms with Gasteiger partial charge in [0.15, 0.2) is 0 Å². The molecular formula is AlCaFeO4P+4. The van der Waals surface area contributed by atoms with E-state index in [9.17, 15) is 0 Å². The molecule has 0 N–H and O–H groups in total. The molecule has 0 spiro atoms. The number of hydrogen-bond acceptors (Lipinski definition) is 4. The Morgan fingerprint density at radius 3 is 1.12 bits per heavy atom. The maximum absolute atomic E-state index is 8.55. The summed E-state index contributed by atoms with van der Waals surface area (Å²) in [6.45, 7) is 0. The van der Waals surface area contributed by atoms with E-state index in [0.717, 1.165) is 0 Å². The van der Waals surface area contributed by atoms with Crippen molar-refractivity contribution in [2.75, 3.05) is 0 Å². The molecule has 8 heavy (non-hydrogen) atoms. The molecular weight excluding hydrogens is 218 g/mol. The van der Waals surface area contributed by atoms with E-state index in [1.165, 1.54) is 0 Å². The Kier molecular flexibility index (Phi) is 26.4. The fourth-order valence-corrected chi connectivity index (χ4v) is 0. The summed E-state index contributed by atoms with van der Waals surface area (Å²) >= 11 is 0. The second-order valence-corrected chi connectivity index (χ2v) is 1.34. The molecule has 0 aliphatic rings. The number of phosphoric acid groups is 1. The molecule has 0 heterocycles. The molecule has 0 rings (SSSR count). The molecule has 0 saturated carbocycles. The topological polar surface area (TPSA) is 86.2 Å². The molecule has 0 unspecified atom stereocenters. The Hall–Kier alpha value is 2.42. The van der Waals surface area contributed by atoms with Gasteiger partial charge in [0.05, 0.1) is 0 Å². The molecule has 0 fully saturated rings. The first kappa shape index (κ1) is 22.4. The van der Waals surface area contributed by atoms with Crippen molar-refractivity contribution < 1.29 is 36.3 Å². The summed E-state index contributed by atoms with van der Waals surface area (Å²) in [7, 11) is -5.39. The van der Waals surface area contributed by atoms with Gasteiger partial charge in [-0.25, -0.2) is 0 Å². The van der Waals surface area contributed by atoms with Crippen LogP contribution in [0.2, 0.25) is 0 Å². The molecule has 0 saturated heterocycles. The van der Waals surface area contributed by atoms with E-state index in [4.69, 9.17) is 19.2 Å². The second kappa shape index (κ2) is 9.42. The van der Waals surface area contributed by atoms with E-state index in [0.29, 0.717) is 0 Å². The van der Waals surface area contributed by atoms with Crippen molar-refractivity contribution in [3.8, 4) is 0 Å². The van der Waals surface area contributed by atoms with Gasteiger partial charge in [-0.1, -0.05) is 0 Å². The third kappa shape index (κ3) is 79.1. The van der Waals surface area contributed by atoms with Crippen LogP contribution in [0.3, 0.4) is 0 Å². The van der Waals surface area contributed by atoms with Crippen molar-refractivity contribution in [1.82, 2.24) is 0 Å². The molecule has 4 nitrogen and oxygen atoms in total.